The number of aromatic amines is 1. The predicted molar refractivity (Wildman–Crippen MR) is 140 cm³/mol. The second-order valence-electron chi connectivity index (χ2n) is 9.24. The number of hydrogen-bond donors (Lipinski definition) is 9. The molecule has 0 fully saturated rings. The van der Waals surface area contributed by atoms with Crippen LogP contribution in [0, 0.1) is 0 Å². The first kappa shape index (κ1) is 31.2. The van der Waals surface area contributed by atoms with Crippen molar-refractivity contribution in [2.45, 2.75) is 69.3 Å². The smallest absolute Gasteiger partial charge is 0.326 e. The van der Waals surface area contributed by atoms with E-state index >= 15 is 0 Å². The van der Waals surface area contributed by atoms with Gasteiger partial charge >= 0.3 is 11.9 Å². The van der Waals surface area contributed by atoms with E-state index in [9.17, 15) is 34.2 Å². The van der Waals surface area contributed by atoms with Gasteiger partial charge in [-0.25, -0.2) is 4.79 Å². The van der Waals surface area contributed by atoms with Gasteiger partial charge in [-0.1, -0.05) is 18.2 Å². The van der Waals surface area contributed by atoms with E-state index in [0.717, 1.165) is 10.9 Å². The number of nitrogens with two attached hydrogens (primary N) is 2. The minimum Gasteiger partial charge on any atom is -0.481 e. The van der Waals surface area contributed by atoms with Gasteiger partial charge in [0.15, 0.2) is 0 Å². The van der Waals surface area contributed by atoms with Gasteiger partial charge < -0.3 is 47.7 Å². The summed E-state index contributed by atoms with van der Waals surface area (Å²) in [4.78, 5) is 64.2. The number of nitrogens with one attached hydrogen (secondary N) is 4. The maximum absolute atomic E-state index is 13.0. The number of aliphatic carboxylic acids is 2. The van der Waals surface area contributed by atoms with Crippen molar-refractivity contribution in [3.8, 4) is 0 Å². The molecule has 0 saturated carbocycles. The average Bonchev–Trinajstić information content (AvgIpc) is 3.28. The van der Waals surface area contributed by atoms with E-state index in [0.29, 0.717) is 24.9 Å². The van der Waals surface area contributed by atoms with Gasteiger partial charge in [-0.3, -0.25) is 19.2 Å². The van der Waals surface area contributed by atoms with E-state index < -0.39 is 66.4 Å². The Morgan fingerprint density at radius 1 is 0.949 bits per heavy atom. The summed E-state index contributed by atoms with van der Waals surface area (Å²) in [5.41, 5.74) is 12.5. The lowest BCUT2D eigenvalue weighted by molar-refractivity contribution is -0.143. The van der Waals surface area contributed by atoms with E-state index in [2.05, 4.69) is 20.9 Å². The number of carbonyl (C=O) groups excluding carboxylic acids is 3. The van der Waals surface area contributed by atoms with Crippen molar-refractivity contribution in [1.29, 1.82) is 0 Å². The molecule has 14 heteroatoms. The summed E-state index contributed by atoms with van der Waals surface area (Å²) in [5.74, 6) is -5.28. The zero-order valence-electron chi connectivity index (χ0n) is 21.6. The molecule has 14 nitrogen and oxygen atoms in total. The van der Waals surface area contributed by atoms with Gasteiger partial charge in [-0.2, -0.15) is 0 Å². The molecule has 0 aliphatic rings. The number of rotatable bonds is 16. The van der Waals surface area contributed by atoms with Crippen LogP contribution in [-0.4, -0.2) is 86.8 Å². The molecular weight excluding hydrogens is 512 g/mol. The second-order valence-corrected chi connectivity index (χ2v) is 9.24. The van der Waals surface area contributed by atoms with Crippen LogP contribution in [0.2, 0.25) is 0 Å². The van der Waals surface area contributed by atoms with Crippen LogP contribution in [0.1, 0.15) is 38.2 Å². The molecule has 1 aromatic heterocycles. The fraction of sp³-hybridized carbons (Fsp3) is 0.480. The number of carboxylic acids is 2. The highest BCUT2D eigenvalue weighted by molar-refractivity contribution is 5.95. The predicted octanol–water partition coefficient (Wildman–Crippen LogP) is -1.44. The van der Waals surface area contributed by atoms with Crippen LogP contribution in [0.15, 0.2) is 30.5 Å². The van der Waals surface area contributed by atoms with E-state index in [4.69, 9.17) is 16.6 Å². The summed E-state index contributed by atoms with van der Waals surface area (Å²) in [6, 6.07) is 1.70. The van der Waals surface area contributed by atoms with Crippen LogP contribution in [0.4, 0.5) is 0 Å². The number of carboxylic acid groups (broad SMARTS) is 2. The third kappa shape index (κ3) is 9.35. The lowest BCUT2D eigenvalue weighted by Crippen LogP contribution is -2.60. The van der Waals surface area contributed by atoms with Crippen molar-refractivity contribution >= 4 is 40.6 Å². The van der Waals surface area contributed by atoms with Gasteiger partial charge in [-0.05, 0) is 44.4 Å². The van der Waals surface area contributed by atoms with Crippen molar-refractivity contribution in [3.63, 3.8) is 0 Å². The van der Waals surface area contributed by atoms with Crippen molar-refractivity contribution in [2.24, 2.45) is 11.5 Å². The Balaban J connectivity index is 2.14. The number of fused-ring (bicyclic) bond motifs is 1. The summed E-state index contributed by atoms with van der Waals surface area (Å²) >= 11 is 0. The molecule has 214 valence electrons. The summed E-state index contributed by atoms with van der Waals surface area (Å²) in [7, 11) is 0. The standard InChI is InChI=1S/C25H36N6O8/c1-13(32)21(31-23(36)18(8-4-5-9-26)29-22(35)16(27)11-20(33)34)24(37)30-19(25(38)39)10-14-12-28-17-7-3-2-6-15(14)17/h2-3,6-7,12-13,16,18-19,21,28,32H,4-5,8-11,26-27H2,1H3,(H,29,35)(H,30,37)(H,31,36)(H,33,34)(H,38,39). The minimum absolute atomic E-state index is 0.0647. The monoisotopic (exact) mass is 548 g/mol. The number of para-hydroxylation sites is 1. The fourth-order valence-corrected chi connectivity index (χ4v) is 3.96. The summed E-state index contributed by atoms with van der Waals surface area (Å²) < 4.78 is 0. The summed E-state index contributed by atoms with van der Waals surface area (Å²) in [6.07, 6.45) is 0.534. The second kappa shape index (κ2) is 14.8. The van der Waals surface area contributed by atoms with Crippen LogP contribution in [0.5, 0.6) is 0 Å². The molecule has 11 N–H and O–H groups in total. The Hall–Kier alpha value is -4.01. The van der Waals surface area contributed by atoms with E-state index in [-0.39, 0.29) is 12.8 Å². The highest BCUT2D eigenvalue weighted by atomic mass is 16.4. The van der Waals surface area contributed by atoms with E-state index in [1.807, 2.05) is 18.2 Å². The lowest BCUT2D eigenvalue weighted by atomic mass is 10.0. The van der Waals surface area contributed by atoms with Crippen LogP contribution < -0.4 is 27.4 Å². The van der Waals surface area contributed by atoms with Crippen LogP contribution >= 0.6 is 0 Å². The summed E-state index contributed by atoms with van der Waals surface area (Å²) in [6.45, 7) is 1.57. The Labute approximate surface area is 224 Å². The minimum atomic E-state index is -1.55. The highest BCUT2D eigenvalue weighted by Gasteiger charge is 2.33. The van der Waals surface area contributed by atoms with Crippen LogP contribution in [0.25, 0.3) is 10.9 Å². The molecule has 1 heterocycles. The Kier molecular flexibility index (Phi) is 11.8. The number of unbranched alkanes of at least 4 members (excludes halogenated alkanes) is 1. The number of H-pyrrole nitrogens is 1. The molecule has 1 aromatic carbocycles. The molecule has 39 heavy (non-hydrogen) atoms. The first-order chi connectivity index (χ1) is 18.4. The van der Waals surface area contributed by atoms with E-state index in [1.54, 1.807) is 12.3 Å². The third-order valence-electron chi connectivity index (χ3n) is 6.09. The molecule has 0 aliphatic heterocycles. The third-order valence-corrected chi connectivity index (χ3v) is 6.09. The van der Waals surface area contributed by atoms with Crippen molar-refractivity contribution in [2.75, 3.05) is 6.54 Å². The molecule has 3 amide bonds. The zero-order valence-corrected chi connectivity index (χ0v) is 21.6. The number of hydrogen-bond acceptors (Lipinski definition) is 8. The zero-order chi connectivity index (χ0) is 29.1. The molecule has 0 aliphatic carbocycles. The lowest BCUT2D eigenvalue weighted by Gasteiger charge is -2.26. The number of carbonyl (C=O) groups is 5. The molecular formula is C25H36N6O8. The largest absolute Gasteiger partial charge is 0.481 e. The van der Waals surface area contributed by atoms with Gasteiger partial charge in [0.25, 0.3) is 0 Å². The molecule has 5 atom stereocenters. The molecule has 5 unspecified atom stereocenters. The Morgan fingerprint density at radius 3 is 2.23 bits per heavy atom. The van der Waals surface area contributed by atoms with Crippen LogP contribution in [-0.2, 0) is 30.4 Å². The number of aliphatic hydroxyl groups excluding tert-OH is 1. The van der Waals surface area contributed by atoms with Crippen LogP contribution in [0.3, 0.4) is 0 Å². The van der Waals surface area contributed by atoms with Gasteiger partial charge in [0.05, 0.1) is 18.6 Å². The maximum Gasteiger partial charge on any atom is 0.326 e. The number of aromatic nitrogens is 1. The molecule has 0 spiro atoms. The molecule has 0 saturated heterocycles. The normalized spacial score (nSPS) is 15.0. The van der Waals surface area contributed by atoms with Gasteiger partial charge in [0.2, 0.25) is 17.7 Å². The summed E-state index contributed by atoms with van der Waals surface area (Å²) in [5, 5.41) is 36.7. The first-order valence-corrected chi connectivity index (χ1v) is 12.5. The van der Waals surface area contributed by atoms with Gasteiger partial charge in [-0.15, -0.1) is 0 Å². The molecule has 2 rings (SSSR count). The Morgan fingerprint density at radius 2 is 1.62 bits per heavy atom. The fourth-order valence-electron chi connectivity index (χ4n) is 3.96. The number of aliphatic hydroxyl groups is 1. The van der Waals surface area contributed by atoms with E-state index in [1.165, 1.54) is 6.92 Å². The molecule has 0 radical (unpaired) electrons. The van der Waals surface area contributed by atoms with Crippen molar-refractivity contribution in [1.82, 2.24) is 20.9 Å². The van der Waals surface area contributed by atoms with Gasteiger partial charge in [0, 0.05) is 23.5 Å². The van der Waals surface area contributed by atoms with Crippen molar-refractivity contribution in [3.05, 3.63) is 36.0 Å². The van der Waals surface area contributed by atoms with Crippen molar-refractivity contribution < 1.29 is 39.3 Å². The quantitative estimate of drug-likeness (QED) is 0.110. The molecule has 2 aromatic rings. The number of amides is 3. The molecule has 0 bridgehead atoms. The van der Waals surface area contributed by atoms with Gasteiger partial charge in [0.1, 0.15) is 18.1 Å². The topological polar surface area (TPSA) is 250 Å². The highest BCUT2D eigenvalue weighted by Crippen LogP contribution is 2.19. The number of benzene rings is 1. The first-order valence-electron chi connectivity index (χ1n) is 12.5. The maximum atomic E-state index is 13.0. The average molecular weight is 549 g/mol. The SMILES string of the molecule is CC(O)C(NC(=O)C(CCCCN)NC(=O)C(N)CC(=O)O)C(=O)NC(Cc1c[nH]c2ccccc12)C(=O)O. The Bertz CT molecular complexity index is 1170.